The molecule has 234 valence electrons. The van der Waals surface area contributed by atoms with E-state index >= 15 is 0 Å². The SMILES string of the molecule is CNc1ncc2c3c1c(-c1ccc(C(=O)Nc4cc(C(F)(F)F)ccn4)cc1)nn3CCC(C)NC(=O)C1CCN1CC/C=C/2. The number of hydrogen-bond donors (Lipinski definition) is 3. The van der Waals surface area contributed by atoms with Gasteiger partial charge in [-0.3, -0.25) is 19.2 Å². The first kappa shape index (κ1) is 30.3. The number of carbonyl (C=O) groups excluding carboxylic acids is 2. The number of fused-ring (bicyclic) bond motifs is 1. The molecule has 0 saturated carbocycles. The first-order valence-electron chi connectivity index (χ1n) is 14.9. The molecule has 2 atom stereocenters. The average molecular weight is 619 g/mol. The van der Waals surface area contributed by atoms with Gasteiger partial charge in [-0.05, 0) is 50.5 Å². The summed E-state index contributed by atoms with van der Waals surface area (Å²) in [5, 5.41) is 14.6. The fourth-order valence-corrected chi connectivity index (χ4v) is 5.74. The number of benzene rings is 1. The van der Waals surface area contributed by atoms with E-state index in [1.807, 2.05) is 17.8 Å². The predicted molar refractivity (Wildman–Crippen MR) is 166 cm³/mol. The summed E-state index contributed by atoms with van der Waals surface area (Å²) in [4.78, 5) is 36.5. The molecule has 2 aliphatic rings. The highest BCUT2D eigenvalue weighted by molar-refractivity contribution is 6.06. The first-order chi connectivity index (χ1) is 21.6. The standard InChI is InChI=1S/C32H33F3N8O2/c1-19-11-16-43-28-22(5-3-4-14-42-15-12-24(42)31(45)39-19)18-38-29(36-2)26(28)27(41-43)20-6-8-21(9-7-20)30(44)40-25-17-23(10-13-37-25)32(33,34)35/h3,5-10,13,17-19,24H,4,11-12,14-16H2,1-2H3,(H,36,38)(H,39,45)(H,37,40,44)/b5-3+. The zero-order valence-electron chi connectivity index (χ0n) is 24.9. The summed E-state index contributed by atoms with van der Waals surface area (Å²) in [7, 11) is 1.79. The maximum Gasteiger partial charge on any atom is 0.416 e. The largest absolute Gasteiger partial charge is 0.416 e. The second-order valence-electron chi connectivity index (χ2n) is 11.3. The van der Waals surface area contributed by atoms with E-state index in [2.05, 4.69) is 43.0 Å². The molecule has 4 aromatic rings. The van der Waals surface area contributed by atoms with Crippen molar-refractivity contribution in [2.45, 2.75) is 51.0 Å². The summed E-state index contributed by atoms with van der Waals surface area (Å²) >= 11 is 0. The minimum Gasteiger partial charge on any atom is -0.373 e. The zero-order chi connectivity index (χ0) is 31.7. The van der Waals surface area contributed by atoms with Crippen molar-refractivity contribution in [3.8, 4) is 11.3 Å². The fourth-order valence-electron chi connectivity index (χ4n) is 5.74. The van der Waals surface area contributed by atoms with E-state index in [0.29, 0.717) is 24.5 Å². The van der Waals surface area contributed by atoms with E-state index in [-0.39, 0.29) is 29.4 Å². The summed E-state index contributed by atoms with van der Waals surface area (Å²) in [6.07, 6.45) is 4.75. The van der Waals surface area contributed by atoms with Gasteiger partial charge in [0.2, 0.25) is 5.91 Å². The van der Waals surface area contributed by atoms with Crippen molar-refractivity contribution in [1.29, 1.82) is 0 Å². The number of halogens is 3. The summed E-state index contributed by atoms with van der Waals surface area (Å²) in [5.74, 6) is -0.0747. The van der Waals surface area contributed by atoms with Gasteiger partial charge in [0, 0.05) is 61.8 Å². The van der Waals surface area contributed by atoms with Gasteiger partial charge in [0.25, 0.3) is 5.91 Å². The Morgan fingerprint density at radius 3 is 2.58 bits per heavy atom. The van der Waals surface area contributed by atoms with E-state index < -0.39 is 17.6 Å². The molecule has 1 aromatic carbocycles. The highest BCUT2D eigenvalue weighted by Gasteiger charge is 2.34. The second-order valence-corrected chi connectivity index (χ2v) is 11.3. The molecule has 6 rings (SSSR count). The second kappa shape index (κ2) is 12.3. The van der Waals surface area contributed by atoms with Gasteiger partial charge in [-0.1, -0.05) is 24.3 Å². The van der Waals surface area contributed by atoms with Crippen LogP contribution >= 0.6 is 0 Å². The van der Waals surface area contributed by atoms with Crippen LogP contribution in [0.5, 0.6) is 0 Å². The lowest BCUT2D eigenvalue weighted by atomic mass is 10.0. The Labute approximate surface area is 257 Å². The van der Waals surface area contributed by atoms with Crippen molar-refractivity contribution in [3.63, 3.8) is 0 Å². The molecule has 0 radical (unpaired) electrons. The monoisotopic (exact) mass is 618 g/mol. The van der Waals surface area contributed by atoms with Crippen molar-refractivity contribution < 1.29 is 22.8 Å². The molecule has 0 aliphatic carbocycles. The number of nitrogens with one attached hydrogen (secondary N) is 3. The summed E-state index contributed by atoms with van der Waals surface area (Å²) in [6.45, 7) is 4.26. The van der Waals surface area contributed by atoms with Crippen LogP contribution < -0.4 is 16.0 Å². The Hall–Kier alpha value is -4.78. The summed E-state index contributed by atoms with van der Waals surface area (Å²) in [5.41, 5.74) is 2.56. The number of anilines is 2. The molecule has 1 fully saturated rings. The van der Waals surface area contributed by atoms with Crippen molar-refractivity contribution in [2.75, 3.05) is 30.8 Å². The van der Waals surface area contributed by atoms with E-state index in [0.717, 1.165) is 66.3 Å². The van der Waals surface area contributed by atoms with Crippen LogP contribution in [0, 0.1) is 0 Å². The van der Waals surface area contributed by atoms with Crippen LogP contribution in [0.2, 0.25) is 0 Å². The quantitative estimate of drug-likeness (QED) is 0.288. The smallest absolute Gasteiger partial charge is 0.373 e. The van der Waals surface area contributed by atoms with Crippen molar-refractivity contribution in [1.82, 2.24) is 30.0 Å². The Balaban J connectivity index is 1.32. The molecule has 10 nitrogen and oxygen atoms in total. The Morgan fingerprint density at radius 1 is 1.07 bits per heavy atom. The number of amides is 2. The van der Waals surface area contributed by atoms with E-state index in [9.17, 15) is 22.8 Å². The third-order valence-corrected chi connectivity index (χ3v) is 8.26. The number of nitrogens with zero attached hydrogens (tertiary/aromatic N) is 5. The maximum absolute atomic E-state index is 13.1. The molecule has 2 amide bonds. The van der Waals surface area contributed by atoms with E-state index in [1.54, 1.807) is 31.3 Å². The molecule has 1 saturated heterocycles. The molecule has 2 aliphatic heterocycles. The van der Waals surface area contributed by atoms with E-state index in [4.69, 9.17) is 5.10 Å². The highest BCUT2D eigenvalue weighted by Crippen LogP contribution is 2.36. The minimum atomic E-state index is -4.55. The molecule has 0 bridgehead atoms. The summed E-state index contributed by atoms with van der Waals surface area (Å²) in [6, 6.07) is 8.19. The third kappa shape index (κ3) is 6.25. The van der Waals surface area contributed by atoms with Crippen LogP contribution in [0.4, 0.5) is 24.8 Å². The van der Waals surface area contributed by atoms with Gasteiger partial charge in [0.05, 0.1) is 22.5 Å². The highest BCUT2D eigenvalue weighted by atomic mass is 19.4. The van der Waals surface area contributed by atoms with Crippen LogP contribution in [-0.4, -0.2) is 68.7 Å². The molecule has 0 spiro atoms. The summed E-state index contributed by atoms with van der Waals surface area (Å²) < 4.78 is 41.2. The van der Waals surface area contributed by atoms with Gasteiger partial charge in [-0.25, -0.2) is 9.97 Å². The number of carbonyl (C=O) groups is 2. The van der Waals surface area contributed by atoms with Crippen LogP contribution in [0.1, 0.15) is 47.7 Å². The molecule has 13 heteroatoms. The lowest BCUT2D eigenvalue weighted by molar-refractivity contribution is -0.137. The van der Waals surface area contributed by atoms with Gasteiger partial charge in [-0.2, -0.15) is 18.3 Å². The topological polar surface area (TPSA) is 117 Å². The molecule has 2 unspecified atom stereocenters. The Bertz CT molecular complexity index is 1770. The lowest BCUT2D eigenvalue weighted by Crippen LogP contribution is -2.57. The average Bonchev–Trinajstić information content (AvgIpc) is 3.38. The van der Waals surface area contributed by atoms with Crippen LogP contribution in [-0.2, 0) is 17.5 Å². The van der Waals surface area contributed by atoms with Gasteiger partial charge >= 0.3 is 6.18 Å². The number of aromatic nitrogens is 4. The molecular formula is C32H33F3N8O2. The van der Waals surface area contributed by atoms with Crippen LogP contribution in [0.25, 0.3) is 28.2 Å². The molecule has 5 heterocycles. The van der Waals surface area contributed by atoms with Crippen LogP contribution in [0.3, 0.4) is 0 Å². The lowest BCUT2D eigenvalue weighted by Gasteiger charge is -2.40. The van der Waals surface area contributed by atoms with Gasteiger partial charge in [0.15, 0.2) is 0 Å². The minimum absolute atomic E-state index is 0.0562. The third-order valence-electron chi connectivity index (χ3n) is 8.26. The fraction of sp³-hybridized carbons (Fsp3) is 0.344. The number of aryl methyl sites for hydroxylation is 1. The Morgan fingerprint density at radius 2 is 1.87 bits per heavy atom. The van der Waals surface area contributed by atoms with Gasteiger partial charge in [0.1, 0.15) is 17.3 Å². The molecule has 3 N–H and O–H groups in total. The maximum atomic E-state index is 13.1. The number of hydrogen-bond acceptors (Lipinski definition) is 7. The van der Waals surface area contributed by atoms with Crippen molar-refractivity contribution >= 4 is 40.4 Å². The molecular weight excluding hydrogens is 585 g/mol. The number of pyridine rings is 2. The molecule has 3 aromatic heterocycles. The van der Waals surface area contributed by atoms with Crippen molar-refractivity contribution in [2.24, 2.45) is 0 Å². The van der Waals surface area contributed by atoms with Gasteiger partial charge < -0.3 is 16.0 Å². The normalized spacial score (nSPS) is 20.0. The zero-order valence-corrected chi connectivity index (χ0v) is 24.9. The molecule has 45 heavy (non-hydrogen) atoms. The first-order valence-corrected chi connectivity index (χ1v) is 14.9. The number of alkyl halides is 3. The predicted octanol–water partition coefficient (Wildman–Crippen LogP) is 5.19. The van der Waals surface area contributed by atoms with Gasteiger partial charge in [-0.15, -0.1) is 0 Å². The van der Waals surface area contributed by atoms with E-state index in [1.165, 1.54) is 0 Å². The van der Waals surface area contributed by atoms with Crippen molar-refractivity contribution in [3.05, 3.63) is 71.6 Å². The number of rotatable bonds is 4. The van der Waals surface area contributed by atoms with Crippen LogP contribution in [0.15, 0.2) is 54.9 Å². The Kier molecular flexibility index (Phi) is 8.28.